The molecule has 0 aliphatic carbocycles. The Kier molecular flexibility index (Phi) is 5.67. The number of hydrogen-bond acceptors (Lipinski definition) is 4. The molecular formula is C15H13BrClNO4S. The minimum Gasteiger partial charge on any atom is -0.503 e. The zero-order valence-electron chi connectivity index (χ0n) is 12.0. The fourth-order valence-corrected chi connectivity index (χ4v) is 3.18. The molecule has 0 aromatic heterocycles. The molecule has 2 aromatic rings. The van der Waals surface area contributed by atoms with E-state index in [4.69, 9.17) is 16.3 Å². The van der Waals surface area contributed by atoms with Gasteiger partial charge in [0.15, 0.2) is 11.5 Å². The minimum atomic E-state index is -3.83. The molecule has 8 heteroatoms. The summed E-state index contributed by atoms with van der Waals surface area (Å²) in [7, 11) is -3.83. The predicted octanol–water partition coefficient (Wildman–Crippen LogP) is 4.01. The SMILES string of the molecule is CCOc1cc(C=NS(=O)(=O)c2ccc(Cl)cc2)cc(Br)c1O. The van der Waals surface area contributed by atoms with E-state index in [9.17, 15) is 13.5 Å². The number of rotatable bonds is 5. The first kappa shape index (κ1) is 17.8. The maximum atomic E-state index is 12.1. The first-order valence-electron chi connectivity index (χ1n) is 6.54. The molecule has 0 heterocycles. The summed E-state index contributed by atoms with van der Waals surface area (Å²) >= 11 is 8.92. The van der Waals surface area contributed by atoms with Crippen LogP contribution in [0.5, 0.6) is 11.5 Å². The Balaban J connectivity index is 2.34. The molecule has 23 heavy (non-hydrogen) atoms. The van der Waals surface area contributed by atoms with Crippen molar-refractivity contribution in [3.63, 3.8) is 0 Å². The first-order chi connectivity index (χ1) is 10.8. The Bertz CT molecular complexity index is 835. The highest BCUT2D eigenvalue weighted by Crippen LogP contribution is 2.35. The molecule has 0 bridgehead atoms. The van der Waals surface area contributed by atoms with E-state index < -0.39 is 10.0 Å². The Morgan fingerprint density at radius 1 is 1.30 bits per heavy atom. The third kappa shape index (κ3) is 4.46. The number of halogens is 2. The smallest absolute Gasteiger partial charge is 0.282 e. The molecule has 1 N–H and O–H groups in total. The quantitative estimate of drug-likeness (QED) is 0.744. The van der Waals surface area contributed by atoms with Crippen LogP contribution in [0, 0.1) is 0 Å². The number of aromatic hydroxyl groups is 1. The molecule has 0 radical (unpaired) electrons. The summed E-state index contributed by atoms with van der Waals surface area (Å²) < 4.78 is 33.6. The van der Waals surface area contributed by atoms with Crippen LogP contribution < -0.4 is 4.74 Å². The van der Waals surface area contributed by atoms with Crippen molar-refractivity contribution in [3.8, 4) is 11.5 Å². The van der Waals surface area contributed by atoms with E-state index in [1.54, 1.807) is 13.0 Å². The lowest BCUT2D eigenvalue weighted by Gasteiger charge is -2.08. The number of phenols is 1. The third-order valence-corrected chi connectivity index (χ3v) is 4.91. The molecule has 2 rings (SSSR count). The van der Waals surface area contributed by atoms with Gasteiger partial charge in [0.25, 0.3) is 10.0 Å². The topological polar surface area (TPSA) is 76.0 Å². The maximum absolute atomic E-state index is 12.1. The van der Waals surface area contributed by atoms with E-state index in [1.807, 2.05) is 0 Å². The number of ether oxygens (including phenoxy) is 1. The van der Waals surface area contributed by atoms with Gasteiger partial charge in [-0.15, -0.1) is 0 Å². The Morgan fingerprint density at radius 2 is 1.96 bits per heavy atom. The second-order valence-corrected chi connectivity index (χ2v) is 7.37. The first-order valence-corrected chi connectivity index (χ1v) is 9.16. The van der Waals surface area contributed by atoms with Gasteiger partial charge < -0.3 is 9.84 Å². The minimum absolute atomic E-state index is 0.0426. The van der Waals surface area contributed by atoms with E-state index in [0.29, 0.717) is 21.7 Å². The number of nitrogens with zero attached hydrogens (tertiary/aromatic N) is 1. The average Bonchev–Trinajstić information content (AvgIpc) is 2.51. The highest BCUT2D eigenvalue weighted by atomic mass is 79.9. The molecule has 0 aliphatic rings. The van der Waals surface area contributed by atoms with Crippen LogP contribution in [0.2, 0.25) is 5.02 Å². The maximum Gasteiger partial charge on any atom is 0.282 e. The van der Waals surface area contributed by atoms with E-state index >= 15 is 0 Å². The zero-order valence-corrected chi connectivity index (χ0v) is 15.2. The lowest BCUT2D eigenvalue weighted by atomic mass is 10.2. The molecule has 0 saturated carbocycles. The van der Waals surface area contributed by atoms with Crippen LogP contribution in [0.4, 0.5) is 0 Å². The normalized spacial score (nSPS) is 11.8. The van der Waals surface area contributed by atoms with Gasteiger partial charge in [0.2, 0.25) is 0 Å². The predicted molar refractivity (Wildman–Crippen MR) is 93.2 cm³/mol. The fraction of sp³-hybridized carbons (Fsp3) is 0.133. The second kappa shape index (κ2) is 7.33. The lowest BCUT2D eigenvalue weighted by Crippen LogP contribution is -1.98. The van der Waals surface area contributed by atoms with Crippen LogP contribution in [0.3, 0.4) is 0 Å². The van der Waals surface area contributed by atoms with Gasteiger partial charge >= 0.3 is 0 Å². The van der Waals surface area contributed by atoms with Crippen molar-refractivity contribution in [1.29, 1.82) is 0 Å². The molecule has 0 atom stereocenters. The van der Waals surface area contributed by atoms with Crippen molar-refractivity contribution in [2.24, 2.45) is 4.40 Å². The van der Waals surface area contributed by atoms with Gasteiger partial charge in [-0.2, -0.15) is 12.8 Å². The van der Waals surface area contributed by atoms with Gasteiger partial charge in [0, 0.05) is 11.2 Å². The van der Waals surface area contributed by atoms with Crippen molar-refractivity contribution in [2.75, 3.05) is 6.61 Å². The van der Waals surface area contributed by atoms with Gasteiger partial charge in [-0.25, -0.2) is 0 Å². The van der Waals surface area contributed by atoms with Crippen LogP contribution >= 0.6 is 27.5 Å². The third-order valence-electron chi connectivity index (χ3n) is 2.80. The monoisotopic (exact) mass is 417 g/mol. The number of hydrogen-bond donors (Lipinski definition) is 1. The van der Waals surface area contributed by atoms with Gasteiger partial charge in [-0.05, 0) is 64.8 Å². The molecule has 0 unspecified atom stereocenters. The highest BCUT2D eigenvalue weighted by Gasteiger charge is 2.12. The van der Waals surface area contributed by atoms with Crippen LogP contribution in [0.1, 0.15) is 12.5 Å². The number of phenolic OH excluding ortho intramolecular Hbond substituents is 1. The van der Waals surface area contributed by atoms with Crippen molar-refractivity contribution >= 4 is 43.8 Å². The molecule has 0 fully saturated rings. The van der Waals surface area contributed by atoms with Gasteiger partial charge in [0.1, 0.15) is 0 Å². The Labute approximate surface area is 147 Å². The fourth-order valence-electron chi connectivity index (χ4n) is 1.73. The van der Waals surface area contributed by atoms with Gasteiger partial charge in [0.05, 0.1) is 16.0 Å². The van der Waals surface area contributed by atoms with Crippen LogP contribution in [-0.4, -0.2) is 26.3 Å². The number of benzene rings is 2. The highest BCUT2D eigenvalue weighted by molar-refractivity contribution is 9.10. The summed E-state index contributed by atoms with van der Waals surface area (Å²) in [5.74, 6) is 0.191. The standard InChI is InChI=1S/C15H13BrClNO4S/c1-2-22-14-8-10(7-13(16)15(14)19)9-18-23(20,21)12-5-3-11(17)4-6-12/h3-9,19H,2H2,1H3. The summed E-state index contributed by atoms with van der Waals surface area (Å²) in [5.41, 5.74) is 0.468. The molecule has 0 aliphatic heterocycles. The van der Waals surface area contributed by atoms with Crippen molar-refractivity contribution < 1.29 is 18.3 Å². The van der Waals surface area contributed by atoms with E-state index in [2.05, 4.69) is 20.3 Å². The molecule has 2 aromatic carbocycles. The van der Waals surface area contributed by atoms with Crippen molar-refractivity contribution in [2.45, 2.75) is 11.8 Å². The van der Waals surface area contributed by atoms with Crippen molar-refractivity contribution in [3.05, 3.63) is 51.5 Å². The van der Waals surface area contributed by atoms with E-state index in [1.165, 1.54) is 36.5 Å². The van der Waals surface area contributed by atoms with Crippen LogP contribution in [0.15, 0.2) is 50.2 Å². The van der Waals surface area contributed by atoms with Crippen molar-refractivity contribution in [1.82, 2.24) is 0 Å². The molecule has 122 valence electrons. The van der Waals surface area contributed by atoms with Crippen LogP contribution in [0.25, 0.3) is 0 Å². The molecule has 0 saturated heterocycles. The van der Waals surface area contributed by atoms with Crippen LogP contribution in [-0.2, 0) is 10.0 Å². The molecule has 0 spiro atoms. The lowest BCUT2D eigenvalue weighted by molar-refractivity contribution is 0.317. The van der Waals surface area contributed by atoms with E-state index in [0.717, 1.165) is 0 Å². The molecule has 5 nitrogen and oxygen atoms in total. The Morgan fingerprint density at radius 3 is 2.57 bits per heavy atom. The summed E-state index contributed by atoms with van der Waals surface area (Å²) in [6.45, 7) is 2.14. The molecule has 0 amide bonds. The molecular weight excluding hydrogens is 406 g/mol. The summed E-state index contributed by atoms with van der Waals surface area (Å²) in [6, 6.07) is 8.77. The summed E-state index contributed by atoms with van der Waals surface area (Å²) in [5, 5.41) is 10.3. The van der Waals surface area contributed by atoms with Gasteiger partial charge in [-0.1, -0.05) is 11.6 Å². The summed E-state index contributed by atoms with van der Waals surface area (Å²) in [6.07, 6.45) is 1.19. The summed E-state index contributed by atoms with van der Waals surface area (Å²) in [4.78, 5) is 0.0426. The Hall–Kier alpha value is -1.57. The average molecular weight is 419 g/mol. The van der Waals surface area contributed by atoms with E-state index in [-0.39, 0.29) is 16.4 Å². The second-order valence-electron chi connectivity index (χ2n) is 4.45. The number of sulfonamides is 1. The zero-order chi connectivity index (χ0) is 17.0. The largest absolute Gasteiger partial charge is 0.503 e. The van der Waals surface area contributed by atoms with Gasteiger partial charge in [-0.3, -0.25) is 0 Å².